The lowest BCUT2D eigenvalue weighted by atomic mass is 10.1. The minimum Gasteiger partial charge on any atom is -0.456 e. The molecule has 0 radical (unpaired) electrons. The third kappa shape index (κ3) is 2.98. The minimum absolute atomic E-state index is 0.697. The zero-order chi connectivity index (χ0) is 27.3. The molecule has 1 aliphatic heterocycles. The number of benzene rings is 5. The molecule has 0 fully saturated rings. The second-order valence-corrected chi connectivity index (χ2v) is 15.7. The number of hydrogen-bond donors (Lipinski definition) is 0. The van der Waals surface area contributed by atoms with Gasteiger partial charge in [-0.15, -0.1) is 0 Å². The molecule has 5 heteroatoms. The molecule has 1 aliphatic rings. The largest absolute Gasteiger partial charge is 0.456 e. The van der Waals surface area contributed by atoms with Gasteiger partial charge in [0.05, 0.1) is 22.4 Å². The molecule has 8 aromatic rings. The van der Waals surface area contributed by atoms with Crippen LogP contribution in [0.15, 0.2) is 120 Å². The van der Waals surface area contributed by atoms with E-state index in [0.717, 1.165) is 49.9 Å². The highest BCUT2D eigenvalue weighted by Crippen LogP contribution is 2.41. The van der Waals surface area contributed by atoms with Crippen molar-refractivity contribution in [2.75, 3.05) is 0 Å². The lowest BCUT2D eigenvalue weighted by Crippen LogP contribution is -2.50. The Bertz CT molecular complexity index is 2350. The standard InChI is InChI=1S/C36H25N3OSi/c1-41(2)30-19-11-8-16-25(30)34-35(41)33(22-12-4-3-5-13-22)37-36(38-34)39-26-17-9-6-14-23(26)31-27(39)20-21-29-32(31)24-15-7-10-18-28(24)40-29/h3-21H,1-2H3. The van der Waals surface area contributed by atoms with Crippen LogP contribution < -0.4 is 10.4 Å². The molecule has 0 amide bonds. The van der Waals surface area contributed by atoms with Gasteiger partial charge in [0.15, 0.2) is 0 Å². The third-order valence-corrected chi connectivity index (χ3v) is 12.3. The van der Waals surface area contributed by atoms with Gasteiger partial charge in [-0.05, 0) is 40.2 Å². The summed E-state index contributed by atoms with van der Waals surface area (Å²) in [6.45, 7) is 4.85. The predicted molar refractivity (Wildman–Crippen MR) is 171 cm³/mol. The van der Waals surface area contributed by atoms with Crippen LogP contribution in [0.5, 0.6) is 0 Å². The van der Waals surface area contributed by atoms with Crippen LogP contribution in [0.3, 0.4) is 0 Å². The summed E-state index contributed by atoms with van der Waals surface area (Å²) < 4.78 is 8.53. The van der Waals surface area contributed by atoms with Crippen molar-refractivity contribution in [3.05, 3.63) is 115 Å². The van der Waals surface area contributed by atoms with Crippen molar-refractivity contribution in [2.24, 2.45) is 0 Å². The van der Waals surface area contributed by atoms with Crippen molar-refractivity contribution < 1.29 is 4.42 Å². The molecule has 0 saturated carbocycles. The maximum atomic E-state index is 6.29. The number of para-hydroxylation sites is 2. The molecular weight excluding hydrogens is 519 g/mol. The van der Waals surface area contributed by atoms with Crippen LogP contribution in [0, 0.1) is 0 Å². The van der Waals surface area contributed by atoms with Gasteiger partial charge in [0.2, 0.25) is 5.95 Å². The fraction of sp³-hybridized carbons (Fsp3) is 0.0556. The molecule has 0 N–H and O–H groups in total. The quantitative estimate of drug-likeness (QED) is 0.208. The normalized spacial score (nSPS) is 13.8. The van der Waals surface area contributed by atoms with E-state index in [1.54, 1.807) is 0 Å². The highest BCUT2D eigenvalue weighted by Gasteiger charge is 2.41. The van der Waals surface area contributed by atoms with Crippen molar-refractivity contribution >= 4 is 62.2 Å². The Hall–Kier alpha value is -5.00. The fourth-order valence-electron chi connectivity index (χ4n) is 7.00. The molecule has 4 heterocycles. The average molecular weight is 544 g/mol. The highest BCUT2D eigenvalue weighted by atomic mass is 28.3. The zero-order valence-electron chi connectivity index (χ0n) is 22.7. The van der Waals surface area contributed by atoms with Gasteiger partial charge in [0.1, 0.15) is 19.2 Å². The first-order chi connectivity index (χ1) is 20.1. The first kappa shape index (κ1) is 22.8. The number of aromatic nitrogens is 3. The Morgan fingerprint density at radius 2 is 1.29 bits per heavy atom. The summed E-state index contributed by atoms with van der Waals surface area (Å²) in [5.41, 5.74) is 8.43. The monoisotopic (exact) mass is 543 g/mol. The molecule has 0 unspecified atom stereocenters. The van der Waals surface area contributed by atoms with E-state index < -0.39 is 8.07 Å². The molecule has 0 bridgehead atoms. The van der Waals surface area contributed by atoms with Gasteiger partial charge in [-0.2, -0.15) is 0 Å². The predicted octanol–water partition coefficient (Wildman–Crippen LogP) is 7.94. The van der Waals surface area contributed by atoms with Crippen LogP contribution in [0.1, 0.15) is 0 Å². The molecule has 4 nitrogen and oxygen atoms in total. The summed E-state index contributed by atoms with van der Waals surface area (Å²) in [6, 6.07) is 40.5. The van der Waals surface area contributed by atoms with E-state index in [4.69, 9.17) is 14.4 Å². The SMILES string of the molecule is C[Si]1(C)c2ccccc2-c2nc(-n3c4ccccc4c4c5c(ccc43)oc3ccccc35)nc(-c3ccccc3)c21. The number of rotatable bonds is 2. The van der Waals surface area contributed by atoms with Gasteiger partial charge in [0.25, 0.3) is 0 Å². The Morgan fingerprint density at radius 3 is 2.17 bits per heavy atom. The summed E-state index contributed by atoms with van der Waals surface area (Å²) in [5, 5.41) is 7.34. The lowest BCUT2D eigenvalue weighted by molar-refractivity contribution is 0.669. The summed E-state index contributed by atoms with van der Waals surface area (Å²) in [5.74, 6) is 0.697. The molecule has 5 aromatic carbocycles. The molecule has 0 spiro atoms. The van der Waals surface area contributed by atoms with Gasteiger partial charge in [0, 0.05) is 27.1 Å². The Balaban J connectivity index is 1.45. The molecule has 0 atom stereocenters. The van der Waals surface area contributed by atoms with Crippen LogP contribution in [0.2, 0.25) is 13.1 Å². The first-order valence-electron chi connectivity index (χ1n) is 14.0. The zero-order valence-corrected chi connectivity index (χ0v) is 23.7. The maximum Gasteiger partial charge on any atom is 0.235 e. The van der Waals surface area contributed by atoms with Crippen LogP contribution in [-0.2, 0) is 0 Å². The maximum absolute atomic E-state index is 6.29. The molecule has 3 aromatic heterocycles. The summed E-state index contributed by atoms with van der Waals surface area (Å²) in [6.07, 6.45) is 0. The smallest absolute Gasteiger partial charge is 0.235 e. The lowest BCUT2D eigenvalue weighted by Gasteiger charge is -2.21. The summed E-state index contributed by atoms with van der Waals surface area (Å²) in [7, 11) is -2.03. The Kier molecular flexibility index (Phi) is 4.46. The van der Waals surface area contributed by atoms with Gasteiger partial charge in [-0.3, -0.25) is 4.57 Å². The first-order valence-corrected chi connectivity index (χ1v) is 17.0. The average Bonchev–Trinajstić information content (AvgIpc) is 3.63. The van der Waals surface area contributed by atoms with Gasteiger partial charge in [-0.25, -0.2) is 9.97 Å². The van der Waals surface area contributed by atoms with Crippen molar-refractivity contribution in [2.45, 2.75) is 13.1 Å². The Labute approximate surface area is 237 Å². The van der Waals surface area contributed by atoms with E-state index in [1.807, 2.05) is 12.1 Å². The van der Waals surface area contributed by atoms with E-state index in [1.165, 1.54) is 26.7 Å². The second-order valence-electron chi connectivity index (χ2n) is 11.4. The van der Waals surface area contributed by atoms with Gasteiger partial charge in [-0.1, -0.05) is 104 Å². The number of hydrogen-bond acceptors (Lipinski definition) is 3. The molecule has 41 heavy (non-hydrogen) atoms. The van der Waals surface area contributed by atoms with E-state index in [0.29, 0.717) is 5.95 Å². The molecule has 9 rings (SSSR count). The number of fused-ring (bicyclic) bond motifs is 10. The van der Waals surface area contributed by atoms with Crippen LogP contribution in [0.4, 0.5) is 0 Å². The number of nitrogens with zero attached hydrogens (tertiary/aromatic N) is 3. The molecule has 0 aliphatic carbocycles. The third-order valence-electron chi connectivity index (χ3n) is 8.80. The van der Waals surface area contributed by atoms with Gasteiger partial charge >= 0.3 is 0 Å². The van der Waals surface area contributed by atoms with Crippen molar-refractivity contribution in [3.8, 4) is 28.5 Å². The fourth-order valence-corrected chi connectivity index (χ4v) is 10.2. The number of furan rings is 1. The van der Waals surface area contributed by atoms with E-state index in [2.05, 4.69) is 121 Å². The Morgan fingerprint density at radius 1 is 0.585 bits per heavy atom. The highest BCUT2D eigenvalue weighted by molar-refractivity contribution is 7.04. The van der Waals surface area contributed by atoms with E-state index in [-0.39, 0.29) is 0 Å². The van der Waals surface area contributed by atoms with Crippen molar-refractivity contribution in [1.29, 1.82) is 0 Å². The summed E-state index contributed by atoms with van der Waals surface area (Å²) >= 11 is 0. The van der Waals surface area contributed by atoms with Crippen molar-refractivity contribution in [1.82, 2.24) is 14.5 Å². The summed E-state index contributed by atoms with van der Waals surface area (Å²) in [4.78, 5) is 10.8. The van der Waals surface area contributed by atoms with E-state index in [9.17, 15) is 0 Å². The van der Waals surface area contributed by atoms with E-state index >= 15 is 0 Å². The van der Waals surface area contributed by atoms with Gasteiger partial charge < -0.3 is 4.42 Å². The van der Waals surface area contributed by atoms with Crippen LogP contribution >= 0.6 is 0 Å². The van der Waals surface area contributed by atoms with Crippen LogP contribution in [-0.4, -0.2) is 22.6 Å². The molecular formula is C36H25N3OSi. The van der Waals surface area contributed by atoms with Crippen LogP contribution in [0.25, 0.3) is 72.2 Å². The molecule has 0 saturated heterocycles. The molecule has 194 valence electrons. The second kappa shape index (κ2) is 8.02. The minimum atomic E-state index is -2.03. The topological polar surface area (TPSA) is 43.9 Å². The van der Waals surface area contributed by atoms with Crippen molar-refractivity contribution in [3.63, 3.8) is 0 Å².